The number of rotatable bonds is 22. The van der Waals surface area contributed by atoms with Gasteiger partial charge in [0.15, 0.2) is 9.84 Å². The van der Waals surface area contributed by atoms with Gasteiger partial charge in [0.05, 0.1) is 40.6 Å². The van der Waals surface area contributed by atoms with Crippen molar-refractivity contribution in [1.29, 1.82) is 0 Å². The minimum absolute atomic E-state index is 0. The van der Waals surface area contributed by atoms with Gasteiger partial charge in [-0.3, -0.25) is 9.59 Å². The van der Waals surface area contributed by atoms with E-state index in [4.69, 9.17) is 0 Å². The number of aromatic nitrogens is 2. The van der Waals surface area contributed by atoms with Crippen LogP contribution >= 0.6 is 12.4 Å². The lowest BCUT2D eigenvalue weighted by molar-refractivity contribution is -0.131. The standard InChI is InChI=1S/C39H65N5O7S2.ClH/c1-7-8-19-53(50,51)42-24-31(28(2)3)22-36(45)34(21-30-17-13-10-14-18-30)43-38(47)35(23-33-25-40-27-41-33)44-37(46)32(20-29-15-11-9-12-16-29)26-52(48,49)39(4,5)6;/h9,11-12,15-16,25,27-28,30-32,34-36,42,45H,7-8,10,13-14,17-24,26H2,1-6H3,(H,40,41)(H,43,47)(H,44,46);1H/t31-,32?,34+,35+,36+;/m1./s1. The molecular formula is C39H66ClN5O7S2. The maximum absolute atomic E-state index is 14.3. The zero-order valence-corrected chi connectivity index (χ0v) is 35.5. The number of hydrogen-bond acceptors (Lipinski definition) is 8. The van der Waals surface area contributed by atoms with Gasteiger partial charge in [-0.15, -0.1) is 12.4 Å². The van der Waals surface area contributed by atoms with E-state index in [9.17, 15) is 31.5 Å². The second-order valence-electron chi connectivity index (χ2n) is 16.3. The van der Waals surface area contributed by atoms with Crippen LogP contribution in [0.5, 0.6) is 0 Å². The highest BCUT2D eigenvalue weighted by Crippen LogP contribution is 2.30. The molecule has 0 bridgehead atoms. The molecule has 5 atom stereocenters. The predicted molar refractivity (Wildman–Crippen MR) is 217 cm³/mol. The monoisotopic (exact) mass is 815 g/mol. The summed E-state index contributed by atoms with van der Waals surface area (Å²) in [6.07, 6.45) is 9.75. The summed E-state index contributed by atoms with van der Waals surface area (Å²) in [6, 6.07) is 7.47. The van der Waals surface area contributed by atoms with Crippen molar-refractivity contribution in [2.45, 2.75) is 135 Å². The van der Waals surface area contributed by atoms with Crippen LogP contribution in [0.25, 0.3) is 0 Å². The van der Waals surface area contributed by atoms with Crippen molar-refractivity contribution in [3.63, 3.8) is 0 Å². The van der Waals surface area contributed by atoms with Crippen LogP contribution in [0.3, 0.4) is 0 Å². The van der Waals surface area contributed by atoms with E-state index < -0.39 is 66.3 Å². The zero-order chi connectivity index (χ0) is 39.2. The van der Waals surface area contributed by atoms with Crippen molar-refractivity contribution in [3.8, 4) is 0 Å². The summed E-state index contributed by atoms with van der Waals surface area (Å²) in [5.74, 6) is -2.18. The molecular weight excluding hydrogens is 750 g/mol. The Morgan fingerprint density at radius 3 is 2.22 bits per heavy atom. The van der Waals surface area contributed by atoms with E-state index in [1.807, 2.05) is 51.1 Å². The van der Waals surface area contributed by atoms with Crippen LogP contribution in [0.4, 0.5) is 0 Å². The topological polar surface area (TPSA) is 187 Å². The van der Waals surface area contributed by atoms with Gasteiger partial charge in [0.2, 0.25) is 21.8 Å². The molecule has 1 aliphatic rings. The lowest BCUT2D eigenvalue weighted by Crippen LogP contribution is -2.55. The van der Waals surface area contributed by atoms with Crippen molar-refractivity contribution < 1.29 is 31.5 Å². The second-order valence-corrected chi connectivity index (χ2v) is 21.0. The van der Waals surface area contributed by atoms with E-state index in [0.29, 0.717) is 24.5 Å². The van der Waals surface area contributed by atoms with Gasteiger partial charge in [0.1, 0.15) is 6.04 Å². The summed E-state index contributed by atoms with van der Waals surface area (Å²) in [5.41, 5.74) is 1.40. The average Bonchev–Trinajstić information content (AvgIpc) is 3.61. The Bertz CT molecular complexity index is 1610. The van der Waals surface area contributed by atoms with E-state index in [2.05, 4.69) is 25.3 Å². The molecule has 1 aliphatic carbocycles. The number of aromatic amines is 1. The van der Waals surface area contributed by atoms with Crippen LogP contribution < -0.4 is 15.4 Å². The molecule has 0 spiro atoms. The third kappa shape index (κ3) is 15.9. The average molecular weight is 817 g/mol. The van der Waals surface area contributed by atoms with Gasteiger partial charge in [0.25, 0.3) is 0 Å². The number of benzene rings is 1. The Balaban J connectivity index is 0.0000101. The number of aliphatic hydroxyl groups excluding tert-OH is 1. The first-order chi connectivity index (χ1) is 24.9. The molecule has 12 nitrogen and oxygen atoms in total. The first-order valence-electron chi connectivity index (χ1n) is 19.4. The highest BCUT2D eigenvalue weighted by molar-refractivity contribution is 7.92. The number of carbonyl (C=O) groups is 2. The summed E-state index contributed by atoms with van der Waals surface area (Å²) < 4.78 is 53.6. The van der Waals surface area contributed by atoms with Crippen molar-refractivity contribution >= 4 is 44.1 Å². The first kappa shape index (κ1) is 47.6. The molecule has 1 unspecified atom stereocenters. The number of H-pyrrole nitrogens is 1. The molecule has 1 aromatic carbocycles. The zero-order valence-electron chi connectivity index (χ0n) is 33.1. The minimum atomic E-state index is -3.71. The van der Waals surface area contributed by atoms with E-state index in [1.165, 1.54) is 6.33 Å². The van der Waals surface area contributed by atoms with Crippen molar-refractivity contribution in [2.75, 3.05) is 18.1 Å². The first-order valence-corrected chi connectivity index (χ1v) is 22.7. The molecule has 1 aromatic heterocycles. The number of halogens is 1. The van der Waals surface area contributed by atoms with E-state index in [0.717, 1.165) is 44.1 Å². The van der Waals surface area contributed by atoms with E-state index in [1.54, 1.807) is 27.0 Å². The quantitative estimate of drug-likeness (QED) is 0.108. The number of sulfonamides is 1. The maximum atomic E-state index is 14.3. The fourth-order valence-corrected chi connectivity index (χ4v) is 9.42. The number of hydrogen-bond donors (Lipinski definition) is 5. The Labute approximate surface area is 330 Å². The number of unbranched alkanes of at least 4 members (excludes halogenated alkanes) is 1. The normalized spacial score (nSPS) is 17.2. The number of imidazole rings is 1. The molecule has 1 fully saturated rings. The van der Waals surface area contributed by atoms with Crippen LogP contribution in [0.1, 0.15) is 111 Å². The summed E-state index contributed by atoms with van der Waals surface area (Å²) >= 11 is 0. The molecule has 1 heterocycles. The second kappa shape index (κ2) is 22.3. The SMILES string of the molecule is CCCCS(=O)(=O)NC[C@@H](C[C@H](O)[C@H](CC1CCCCC1)NC(=O)[C@H](Cc1cnc[nH]1)NC(=O)C(Cc1ccccc1)CS(=O)(=O)C(C)(C)C)C(C)C.Cl. The van der Waals surface area contributed by atoms with Gasteiger partial charge in [-0.05, 0) is 69.8 Å². The predicted octanol–water partition coefficient (Wildman–Crippen LogP) is 5.13. The lowest BCUT2D eigenvalue weighted by atomic mass is 9.81. The maximum Gasteiger partial charge on any atom is 0.243 e. The number of nitrogens with one attached hydrogen (secondary N) is 4. The molecule has 5 N–H and O–H groups in total. The van der Waals surface area contributed by atoms with Crippen molar-refractivity contribution in [1.82, 2.24) is 25.3 Å². The van der Waals surface area contributed by atoms with E-state index in [-0.39, 0.29) is 55.8 Å². The van der Waals surface area contributed by atoms with Gasteiger partial charge in [-0.1, -0.05) is 89.6 Å². The molecule has 0 aliphatic heterocycles. The van der Waals surface area contributed by atoms with Gasteiger partial charge < -0.3 is 20.7 Å². The summed E-state index contributed by atoms with van der Waals surface area (Å²) in [5, 5.41) is 17.8. The van der Waals surface area contributed by atoms with Crippen LogP contribution in [-0.2, 0) is 42.3 Å². The summed E-state index contributed by atoms with van der Waals surface area (Å²) in [4.78, 5) is 35.4. The highest BCUT2D eigenvalue weighted by atomic mass is 35.5. The van der Waals surface area contributed by atoms with Crippen molar-refractivity contribution in [3.05, 3.63) is 54.1 Å². The Morgan fingerprint density at radius 2 is 1.65 bits per heavy atom. The van der Waals surface area contributed by atoms with Gasteiger partial charge in [0, 0.05) is 24.9 Å². The molecule has 2 amide bonds. The van der Waals surface area contributed by atoms with Crippen molar-refractivity contribution in [2.24, 2.45) is 23.7 Å². The number of aliphatic hydroxyl groups is 1. The Morgan fingerprint density at radius 1 is 0.981 bits per heavy atom. The number of nitrogens with zero attached hydrogens (tertiary/aromatic N) is 1. The molecule has 0 radical (unpaired) electrons. The smallest absolute Gasteiger partial charge is 0.243 e. The number of amides is 2. The largest absolute Gasteiger partial charge is 0.391 e. The molecule has 54 heavy (non-hydrogen) atoms. The third-order valence-corrected chi connectivity index (χ3v) is 14.7. The van der Waals surface area contributed by atoms with Crippen LogP contribution in [0, 0.1) is 23.7 Å². The molecule has 15 heteroatoms. The molecule has 1 saturated carbocycles. The molecule has 0 saturated heterocycles. The van der Waals surface area contributed by atoms with Crippen LogP contribution in [-0.4, -0.2) is 84.7 Å². The summed E-state index contributed by atoms with van der Waals surface area (Å²) in [6.45, 7) is 10.9. The summed E-state index contributed by atoms with van der Waals surface area (Å²) in [7, 11) is -7.16. The van der Waals surface area contributed by atoms with Gasteiger partial charge in [-0.2, -0.15) is 0 Å². The Kier molecular flexibility index (Phi) is 19.7. The van der Waals surface area contributed by atoms with Crippen LogP contribution in [0.15, 0.2) is 42.9 Å². The van der Waals surface area contributed by atoms with Gasteiger partial charge in [-0.25, -0.2) is 26.5 Å². The lowest BCUT2D eigenvalue weighted by Gasteiger charge is -2.34. The molecule has 3 rings (SSSR count). The van der Waals surface area contributed by atoms with Crippen LogP contribution in [0.2, 0.25) is 0 Å². The third-order valence-electron chi connectivity index (χ3n) is 10.6. The Hall–Kier alpha value is -2.52. The van der Waals surface area contributed by atoms with Gasteiger partial charge >= 0.3 is 0 Å². The molecule has 2 aromatic rings. The number of carbonyl (C=O) groups excluding carboxylic acids is 2. The fraction of sp³-hybridized carbons (Fsp3) is 0.718. The fourth-order valence-electron chi connectivity index (χ4n) is 6.84. The number of sulfone groups is 1. The minimum Gasteiger partial charge on any atom is -0.391 e. The molecule has 308 valence electrons. The highest BCUT2D eigenvalue weighted by Gasteiger charge is 2.37. The van der Waals surface area contributed by atoms with E-state index >= 15 is 0 Å².